The van der Waals surface area contributed by atoms with Crippen LogP contribution in [0, 0.1) is 0 Å². The number of hydrogen-bond donors (Lipinski definition) is 1. The molecule has 0 atom stereocenters. The maximum Gasteiger partial charge on any atom is 0.128 e. The van der Waals surface area contributed by atoms with Crippen LogP contribution in [0.5, 0.6) is 0 Å². The Morgan fingerprint density at radius 2 is 1.89 bits per heavy atom. The number of nitrogens with zero attached hydrogens (tertiary/aromatic N) is 2. The molecular formula is C15H17N3O. The van der Waals surface area contributed by atoms with Gasteiger partial charge in [-0.05, 0) is 29.8 Å². The first-order chi connectivity index (χ1) is 9.33. The van der Waals surface area contributed by atoms with Crippen molar-refractivity contribution < 1.29 is 4.74 Å². The third-order valence-corrected chi connectivity index (χ3v) is 3.30. The van der Waals surface area contributed by atoms with Crippen molar-refractivity contribution in [2.75, 3.05) is 36.9 Å². The topological polar surface area (TPSA) is 51.4 Å². The van der Waals surface area contributed by atoms with E-state index >= 15 is 0 Å². The Kier molecular flexibility index (Phi) is 3.33. The number of hydrogen-bond acceptors (Lipinski definition) is 4. The molecule has 1 aromatic carbocycles. The molecule has 0 spiro atoms. The first-order valence-corrected chi connectivity index (χ1v) is 6.47. The molecule has 1 fully saturated rings. The van der Waals surface area contributed by atoms with Crippen molar-refractivity contribution in [2.45, 2.75) is 0 Å². The van der Waals surface area contributed by atoms with Crippen LogP contribution in [0.3, 0.4) is 0 Å². The van der Waals surface area contributed by atoms with E-state index in [4.69, 9.17) is 10.5 Å². The van der Waals surface area contributed by atoms with Gasteiger partial charge >= 0.3 is 0 Å². The van der Waals surface area contributed by atoms with Crippen molar-refractivity contribution in [1.82, 2.24) is 4.98 Å². The molecule has 2 N–H and O–H groups in total. The van der Waals surface area contributed by atoms with E-state index in [0.29, 0.717) is 0 Å². The highest BCUT2D eigenvalue weighted by molar-refractivity contribution is 5.67. The van der Waals surface area contributed by atoms with Crippen molar-refractivity contribution >= 4 is 11.5 Å². The Labute approximate surface area is 112 Å². The maximum atomic E-state index is 5.80. The number of rotatable bonds is 2. The monoisotopic (exact) mass is 255 g/mol. The van der Waals surface area contributed by atoms with E-state index in [1.807, 2.05) is 30.5 Å². The van der Waals surface area contributed by atoms with Gasteiger partial charge in [0, 0.05) is 30.5 Å². The lowest BCUT2D eigenvalue weighted by atomic mass is 10.1. The fraction of sp³-hybridized carbons (Fsp3) is 0.267. The third kappa shape index (κ3) is 2.69. The third-order valence-electron chi connectivity index (χ3n) is 3.30. The summed E-state index contributed by atoms with van der Waals surface area (Å²) in [7, 11) is 0. The van der Waals surface area contributed by atoms with E-state index in [9.17, 15) is 0 Å². The van der Waals surface area contributed by atoms with E-state index in [0.717, 1.165) is 48.9 Å². The molecule has 0 unspecified atom stereocenters. The van der Waals surface area contributed by atoms with Crippen LogP contribution < -0.4 is 10.6 Å². The smallest absolute Gasteiger partial charge is 0.128 e. The lowest BCUT2D eigenvalue weighted by Gasteiger charge is -2.27. The predicted octanol–water partition coefficient (Wildman–Crippen LogP) is 2.17. The van der Waals surface area contributed by atoms with Gasteiger partial charge in [-0.3, -0.25) is 0 Å². The highest BCUT2D eigenvalue weighted by Crippen LogP contribution is 2.22. The number of ether oxygens (including phenoxy) is 1. The molecule has 2 heterocycles. The molecule has 0 bridgehead atoms. The lowest BCUT2D eigenvalue weighted by Crippen LogP contribution is -2.36. The van der Waals surface area contributed by atoms with Crippen LogP contribution in [0.4, 0.5) is 11.5 Å². The van der Waals surface area contributed by atoms with Crippen LogP contribution in [0.15, 0.2) is 42.6 Å². The molecule has 0 saturated carbocycles. The summed E-state index contributed by atoms with van der Waals surface area (Å²) in [6.45, 7) is 3.37. The first kappa shape index (κ1) is 12.0. The van der Waals surface area contributed by atoms with E-state index in [-0.39, 0.29) is 0 Å². The molecule has 0 aliphatic carbocycles. The second-order valence-electron chi connectivity index (χ2n) is 4.63. The van der Waals surface area contributed by atoms with Gasteiger partial charge in [-0.1, -0.05) is 12.1 Å². The van der Waals surface area contributed by atoms with Crippen molar-refractivity contribution in [3.05, 3.63) is 42.6 Å². The zero-order valence-electron chi connectivity index (χ0n) is 10.7. The minimum atomic E-state index is 0.773. The van der Waals surface area contributed by atoms with Gasteiger partial charge in [-0.25, -0.2) is 4.98 Å². The molecular weight excluding hydrogens is 238 g/mol. The number of pyridine rings is 1. The van der Waals surface area contributed by atoms with Crippen molar-refractivity contribution in [1.29, 1.82) is 0 Å². The average Bonchev–Trinajstić information content (AvgIpc) is 2.48. The Balaban J connectivity index is 1.82. The molecule has 1 aromatic heterocycles. The van der Waals surface area contributed by atoms with E-state index < -0.39 is 0 Å². The van der Waals surface area contributed by atoms with Crippen molar-refractivity contribution in [3.63, 3.8) is 0 Å². The van der Waals surface area contributed by atoms with Crippen molar-refractivity contribution in [2.24, 2.45) is 0 Å². The highest BCUT2D eigenvalue weighted by atomic mass is 16.5. The molecule has 2 aromatic rings. The summed E-state index contributed by atoms with van der Waals surface area (Å²) < 4.78 is 5.34. The average molecular weight is 255 g/mol. The van der Waals surface area contributed by atoms with Crippen LogP contribution in [0.25, 0.3) is 11.1 Å². The fourth-order valence-electron chi connectivity index (χ4n) is 2.25. The van der Waals surface area contributed by atoms with Gasteiger partial charge in [-0.15, -0.1) is 0 Å². The van der Waals surface area contributed by atoms with Crippen LogP contribution in [-0.2, 0) is 4.74 Å². The summed E-state index contributed by atoms with van der Waals surface area (Å²) in [6.07, 6.45) is 1.90. The molecule has 0 radical (unpaired) electrons. The molecule has 1 saturated heterocycles. The van der Waals surface area contributed by atoms with Gasteiger partial charge in [0.25, 0.3) is 0 Å². The molecule has 98 valence electrons. The predicted molar refractivity (Wildman–Crippen MR) is 77.1 cm³/mol. The van der Waals surface area contributed by atoms with Gasteiger partial charge < -0.3 is 15.4 Å². The number of nitrogen functional groups attached to an aromatic ring is 1. The maximum absolute atomic E-state index is 5.80. The fourth-order valence-corrected chi connectivity index (χ4v) is 2.25. The van der Waals surface area contributed by atoms with Crippen LogP contribution in [-0.4, -0.2) is 31.3 Å². The van der Waals surface area contributed by atoms with Gasteiger partial charge in [0.05, 0.1) is 13.2 Å². The number of anilines is 2. The minimum Gasteiger partial charge on any atom is -0.399 e. The zero-order chi connectivity index (χ0) is 13.1. The van der Waals surface area contributed by atoms with E-state index in [2.05, 4.69) is 22.0 Å². The van der Waals surface area contributed by atoms with E-state index in [1.54, 1.807) is 0 Å². The number of benzene rings is 1. The van der Waals surface area contributed by atoms with Gasteiger partial charge in [0.2, 0.25) is 0 Å². The highest BCUT2D eigenvalue weighted by Gasteiger charge is 2.12. The minimum absolute atomic E-state index is 0.773. The Bertz CT molecular complexity index is 548. The van der Waals surface area contributed by atoms with Gasteiger partial charge in [0.1, 0.15) is 5.82 Å². The van der Waals surface area contributed by atoms with Crippen LogP contribution in [0.1, 0.15) is 0 Å². The van der Waals surface area contributed by atoms with Crippen LogP contribution >= 0.6 is 0 Å². The summed E-state index contributed by atoms with van der Waals surface area (Å²) in [4.78, 5) is 6.78. The summed E-state index contributed by atoms with van der Waals surface area (Å²) in [5.41, 5.74) is 8.76. The second kappa shape index (κ2) is 5.28. The number of morpholine rings is 1. The number of nitrogens with two attached hydrogens (primary N) is 1. The Hall–Kier alpha value is -2.07. The lowest BCUT2D eigenvalue weighted by molar-refractivity contribution is 0.122. The standard InChI is InChI=1S/C15H17N3O/c16-14-3-1-2-12(10-14)13-4-5-15(17-11-13)18-6-8-19-9-7-18/h1-5,10-11H,6-9,16H2. The summed E-state index contributed by atoms with van der Waals surface area (Å²) >= 11 is 0. The Morgan fingerprint density at radius 1 is 1.05 bits per heavy atom. The largest absolute Gasteiger partial charge is 0.399 e. The van der Waals surface area contributed by atoms with Gasteiger partial charge in [-0.2, -0.15) is 0 Å². The molecule has 3 rings (SSSR count). The number of aromatic nitrogens is 1. The van der Waals surface area contributed by atoms with Crippen molar-refractivity contribution in [3.8, 4) is 11.1 Å². The molecule has 1 aliphatic heterocycles. The molecule has 19 heavy (non-hydrogen) atoms. The summed E-state index contributed by atoms with van der Waals surface area (Å²) in [5.74, 6) is 1.01. The normalized spacial score (nSPS) is 15.5. The molecule has 1 aliphatic rings. The molecule has 4 nitrogen and oxygen atoms in total. The molecule has 0 amide bonds. The van der Waals surface area contributed by atoms with Crippen LogP contribution in [0.2, 0.25) is 0 Å². The zero-order valence-corrected chi connectivity index (χ0v) is 10.7. The Morgan fingerprint density at radius 3 is 2.58 bits per heavy atom. The van der Waals surface area contributed by atoms with E-state index in [1.165, 1.54) is 0 Å². The second-order valence-corrected chi connectivity index (χ2v) is 4.63. The summed E-state index contributed by atoms with van der Waals surface area (Å²) in [5, 5.41) is 0. The quantitative estimate of drug-likeness (QED) is 0.836. The summed E-state index contributed by atoms with van der Waals surface area (Å²) in [6, 6.07) is 12.0. The van der Waals surface area contributed by atoms with Gasteiger partial charge in [0.15, 0.2) is 0 Å². The first-order valence-electron chi connectivity index (χ1n) is 6.47. The SMILES string of the molecule is Nc1cccc(-c2ccc(N3CCOCC3)nc2)c1. The molecule has 4 heteroatoms.